The molecule has 0 unspecified atom stereocenters. The van der Waals surface area contributed by atoms with E-state index >= 15 is 0 Å². The molecule has 0 bridgehead atoms. The summed E-state index contributed by atoms with van der Waals surface area (Å²) in [7, 11) is 4.78. The average molecular weight is 406 g/mol. The smallest absolute Gasteiger partial charge is 0.854 e. The molecular formula is C12H27LaO6. The first-order chi connectivity index (χ1) is 8.74. The van der Waals surface area contributed by atoms with Gasteiger partial charge in [-0.15, -0.1) is 19.8 Å². The standard InChI is InChI=1S/3C4H9O2.La/c3*1-6-4-2-3-5;/h3*2-4H2,1H3;/q3*-1;+3. The van der Waals surface area contributed by atoms with Crippen LogP contribution >= 0.6 is 0 Å². The predicted molar refractivity (Wildman–Crippen MR) is 64.1 cm³/mol. The Hall–Kier alpha value is 0.955. The topological polar surface area (TPSA) is 96.9 Å². The van der Waals surface area contributed by atoms with Gasteiger partial charge >= 0.3 is 35.6 Å². The molecule has 0 aliphatic rings. The van der Waals surface area contributed by atoms with Crippen molar-refractivity contribution in [3.63, 3.8) is 0 Å². The molecule has 0 aliphatic carbocycles. The van der Waals surface area contributed by atoms with Crippen molar-refractivity contribution in [2.24, 2.45) is 0 Å². The first-order valence-electron chi connectivity index (χ1n) is 5.96. The fourth-order valence-corrected chi connectivity index (χ4v) is 0.610. The van der Waals surface area contributed by atoms with Crippen molar-refractivity contribution in [1.82, 2.24) is 0 Å². The van der Waals surface area contributed by atoms with Crippen molar-refractivity contribution in [3.05, 3.63) is 0 Å². The Morgan fingerprint density at radius 1 is 0.579 bits per heavy atom. The van der Waals surface area contributed by atoms with Crippen LogP contribution in [0.5, 0.6) is 0 Å². The predicted octanol–water partition coefficient (Wildman–Crippen LogP) is -1.85. The maximum absolute atomic E-state index is 9.61. The molecule has 0 aromatic rings. The number of ether oxygens (including phenoxy) is 3. The molecule has 0 aromatic carbocycles. The van der Waals surface area contributed by atoms with Gasteiger partial charge in [0.2, 0.25) is 0 Å². The average Bonchev–Trinajstić information content (AvgIpc) is 2.42. The van der Waals surface area contributed by atoms with Crippen LogP contribution in [0.25, 0.3) is 0 Å². The van der Waals surface area contributed by atoms with Gasteiger partial charge in [0.1, 0.15) is 0 Å². The van der Waals surface area contributed by atoms with Crippen LogP contribution in [0.15, 0.2) is 0 Å². The quantitative estimate of drug-likeness (QED) is 0.417. The third kappa shape index (κ3) is 55.0. The first-order valence-corrected chi connectivity index (χ1v) is 5.96. The van der Waals surface area contributed by atoms with Crippen molar-refractivity contribution in [2.45, 2.75) is 19.3 Å². The van der Waals surface area contributed by atoms with Crippen LogP contribution in [-0.2, 0) is 14.2 Å². The Bertz CT molecular complexity index is 77.2. The third-order valence-electron chi connectivity index (χ3n) is 1.48. The maximum atomic E-state index is 9.61. The largest absolute Gasteiger partial charge is 3.00 e. The van der Waals surface area contributed by atoms with Crippen molar-refractivity contribution >= 4 is 0 Å². The molecule has 114 valence electrons. The molecular weight excluding hydrogens is 379 g/mol. The fourth-order valence-electron chi connectivity index (χ4n) is 0.610. The summed E-state index contributed by atoms with van der Waals surface area (Å²) in [6.45, 7) is 1.74. The molecule has 19 heavy (non-hydrogen) atoms. The molecule has 0 radical (unpaired) electrons. The summed E-state index contributed by atoms with van der Waals surface area (Å²) in [5.74, 6) is 0. The zero-order chi connectivity index (χ0) is 14.5. The van der Waals surface area contributed by atoms with E-state index in [0.29, 0.717) is 39.1 Å². The maximum Gasteiger partial charge on any atom is 3.00 e. The van der Waals surface area contributed by atoms with Crippen LogP contribution in [0, 0.1) is 35.6 Å². The Kier molecular flexibility index (Phi) is 54.0. The normalized spacial score (nSPS) is 8.53. The second-order valence-electron chi connectivity index (χ2n) is 3.15. The van der Waals surface area contributed by atoms with Crippen LogP contribution in [0.2, 0.25) is 0 Å². The number of hydrogen-bond acceptors (Lipinski definition) is 6. The van der Waals surface area contributed by atoms with Crippen molar-refractivity contribution in [2.75, 3.05) is 61.0 Å². The molecule has 0 fully saturated rings. The molecule has 0 aliphatic heterocycles. The Morgan fingerprint density at radius 2 is 0.789 bits per heavy atom. The van der Waals surface area contributed by atoms with Crippen LogP contribution in [-0.4, -0.2) is 61.0 Å². The summed E-state index contributed by atoms with van der Waals surface area (Å²) in [5.41, 5.74) is 0. The van der Waals surface area contributed by atoms with E-state index in [1.807, 2.05) is 0 Å². The Balaban J connectivity index is -0.0000000865. The van der Waals surface area contributed by atoms with Crippen molar-refractivity contribution in [1.29, 1.82) is 0 Å². The van der Waals surface area contributed by atoms with Gasteiger partial charge in [-0.05, 0) is 19.3 Å². The first kappa shape index (κ1) is 28.2. The van der Waals surface area contributed by atoms with E-state index in [1.54, 1.807) is 21.3 Å². The molecule has 0 heterocycles. The van der Waals surface area contributed by atoms with E-state index in [9.17, 15) is 15.3 Å². The minimum absolute atomic E-state index is 0. The van der Waals surface area contributed by atoms with Gasteiger partial charge in [-0.1, -0.05) is 0 Å². The molecule has 0 atom stereocenters. The molecule has 0 aromatic heterocycles. The molecule has 0 N–H and O–H groups in total. The number of rotatable bonds is 9. The van der Waals surface area contributed by atoms with Gasteiger partial charge in [0, 0.05) is 41.2 Å². The van der Waals surface area contributed by atoms with E-state index in [4.69, 9.17) is 0 Å². The molecule has 0 amide bonds. The summed E-state index contributed by atoms with van der Waals surface area (Å²) in [6, 6.07) is 0. The number of hydrogen-bond donors (Lipinski definition) is 0. The van der Waals surface area contributed by atoms with Gasteiger partial charge in [0.15, 0.2) is 0 Å². The molecule has 0 rings (SSSR count). The van der Waals surface area contributed by atoms with Crippen molar-refractivity contribution < 1.29 is 65.1 Å². The van der Waals surface area contributed by atoms with Crippen LogP contribution in [0.4, 0.5) is 0 Å². The summed E-state index contributed by atoms with van der Waals surface area (Å²) in [5, 5.41) is 28.8. The van der Waals surface area contributed by atoms with Crippen LogP contribution < -0.4 is 15.3 Å². The second kappa shape index (κ2) is 36.4. The Labute approximate surface area is 145 Å². The third-order valence-corrected chi connectivity index (χ3v) is 1.48. The van der Waals surface area contributed by atoms with Crippen LogP contribution in [0.1, 0.15) is 19.3 Å². The zero-order valence-corrected chi connectivity index (χ0v) is 16.0. The van der Waals surface area contributed by atoms with E-state index in [2.05, 4.69) is 14.2 Å². The van der Waals surface area contributed by atoms with Gasteiger partial charge < -0.3 is 29.5 Å². The van der Waals surface area contributed by atoms with E-state index in [-0.39, 0.29) is 55.4 Å². The summed E-state index contributed by atoms with van der Waals surface area (Å²) < 4.78 is 13.7. The molecule has 7 heteroatoms. The van der Waals surface area contributed by atoms with Gasteiger partial charge in [0.25, 0.3) is 0 Å². The zero-order valence-electron chi connectivity index (χ0n) is 12.4. The Morgan fingerprint density at radius 3 is 0.842 bits per heavy atom. The van der Waals surface area contributed by atoms with Gasteiger partial charge in [-0.3, -0.25) is 0 Å². The van der Waals surface area contributed by atoms with Gasteiger partial charge in [0.05, 0.1) is 0 Å². The molecule has 6 nitrogen and oxygen atoms in total. The minimum atomic E-state index is -0.0200. The van der Waals surface area contributed by atoms with E-state index in [1.165, 1.54) is 0 Å². The van der Waals surface area contributed by atoms with Crippen LogP contribution in [0.3, 0.4) is 0 Å². The van der Waals surface area contributed by atoms with Crippen molar-refractivity contribution in [3.8, 4) is 0 Å². The minimum Gasteiger partial charge on any atom is -0.854 e. The molecule has 0 spiro atoms. The van der Waals surface area contributed by atoms with E-state index in [0.717, 1.165) is 0 Å². The van der Waals surface area contributed by atoms with Gasteiger partial charge in [-0.25, -0.2) is 0 Å². The summed E-state index contributed by atoms with van der Waals surface area (Å²) in [4.78, 5) is 0. The number of methoxy groups -OCH3 is 3. The molecule has 0 saturated carbocycles. The molecule has 0 saturated heterocycles. The van der Waals surface area contributed by atoms with E-state index < -0.39 is 0 Å². The second-order valence-corrected chi connectivity index (χ2v) is 3.15. The fraction of sp³-hybridized carbons (Fsp3) is 1.00. The summed E-state index contributed by atoms with van der Waals surface area (Å²) >= 11 is 0. The van der Waals surface area contributed by atoms with Gasteiger partial charge in [-0.2, -0.15) is 0 Å². The SMILES string of the molecule is COCCC[O-].COCCC[O-].COCCC[O-].[La+3]. The summed E-state index contributed by atoms with van der Waals surface area (Å²) in [6.07, 6.45) is 1.91. The monoisotopic (exact) mass is 406 g/mol.